The molecule has 0 aliphatic carbocycles. The van der Waals surface area contributed by atoms with Crippen LogP contribution in [-0.2, 0) is 5.54 Å². The predicted octanol–water partition coefficient (Wildman–Crippen LogP) is 4.00. The van der Waals surface area contributed by atoms with Crippen molar-refractivity contribution in [2.45, 2.75) is 19.4 Å². The normalized spacial score (nSPS) is 11.2. The van der Waals surface area contributed by atoms with Crippen LogP contribution in [0.2, 0.25) is 0 Å². The van der Waals surface area contributed by atoms with Crippen molar-refractivity contribution in [3.63, 3.8) is 0 Å². The Morgan fingerprint density at radius 3 is 2.35 bits per heavy atom. The molecule has 0 radical (unpaired) electrons. The van der Waals surface area contributed by atoms with Gasteiger partial charge in [-0.05, 0) is 48.7 Å². The molecule has 0 aliphatic heterocycles. The molecule has 0 saturated carbocycles. The van der Waals surface area contributed by atoms with E-state index in [4.69, 9.17) is 5.11 Å². The summed E-state index contributed by atoms with van der Waals surface area (Å²) >= 11 is 0. The summed E-state index contributed by atoms with van der Waals surface area (Å²) in [6.07, 6.45) is -1.07. The van der Waals surface area contributed by atoms with Crippen LogP contribution in [0.5, 0.6) is 0 Å². The highest BCUT2D eigenvalue weighted by Gasteiger charge is 2.22. The van der Waals surface area contributed by atoms with Crippen molar-refractivity contribution in [1.82, 2.24) is 5.32 Å². The summed E-state index contributed by atoms with van der Waals surface area (Å²) in [5.41, 5.74) is 1.96. The molecule has 1 amide bonds. The molecule has 0 fully saturated rings. The van der Waals surface area contributed by atoms with Gasteiger partial charge in [-0.1, -0.05) is 30.3 Å². The molecule has 20 heavy (non-hydrogen) atoms. The quantitative estimate of drug-likeness (QED) is 0.888. The van der Waals surface area contributed by atoms with Crippen LogP contribution in [0, 0.1) is 5.82 Å². The zero-order valence-corrected chi connectivity index (χ0v) is 11.4. The monoisotopic (exact) mass is 273 g/mol. The lowest BCUT2D eigenvalue weighted by atomic mass is 9.91. The van der Waals surface area contributed by atoms with Gasteiger partial charge in [-0.15, -0.1) is 0 Å². The molecule has 4 heteroatoms. The third kappa shape index (κ3) is 3.15. The molecule has 2 rings (SSSR count). The molecule has 0 unspecified atom stereocenters. The molecule has 0 heterocycles. The highest BCUT2D eigenvalue weighted by molar-refractivity contribution is 5.67. The standard InChI is InChI=1S/C16H16FNO2/c1-16(2,18-15(19)20)13-5-3-4-12(10-13)11-6-8-14(17)9-7-11/h3-10,18H,1-2H3,(H,19,20). The number of nitrogens with one attached hydrogen (secondary N) is 1. The van der Waals surface area contributed by atoms with Gasteiger partial charge in [-0.2, -0.15) is 0 Å². The zero-order chi connectivity index (χ0) is 14.8. The minimum Gasteiger partial charge on any atom is -0.465 e. The topological polar surface area (TPSA) is 49.3 Å². The van der Waals surface area contributed by atoms with Crippen molar-refractivity contribution in [1.29, 1.82) is 0 Å². The molecule has 3 nitrogen and oxygen atoms in total. The first kappa shape index (κ1) is 14.1. The molecule has 0 saturated heterocycles. The van der Waals surface area contributed by atoms with Gasteiger partial charge in [0.1, 0.15) is 5.82 Å². The Hall–Kier alpha value is -2.36. The number of carboxylic acid groups (broad SMARTS) is 1. The van der Waals surface area contributed by atoms with E-state index in [-0.39, 0.29) is 5.82 Å². The third-order valence-corrected chi connectivity index (χ3v) is 3.18. The highest BCUT2D eigenvalue weighted by atomic mass is 19.1. The van der Waals surface area contributed by atoms with Crippen LogP contribution in [0.1, 0.15) is 19.4 Å². The minimum atomic E-state index is -1.07. The Morgan fingerprint density at radius 2 is 1.75 bits per heavy atom. The number of amides is 1. The van der Waals surface area contributed by atoms with Gasteiger partial charge in [0.15, 0.2) is 0 Å². The van der Waals surface area contributed by atoms with Gasteiger partial charge < -0.3 is 10.4 Å². The summed E-state index contributed by atoms with van der Waals surface area (Å²) < 4.78 is 12.9. The van der Waals surface area contributed by atoms with E-state index >= 15 is 0 Å². The van der Waals surface area contributed by atoms with E-state index in [0.717, 1.165) is 16.7 Å². The first-order valence-electron chi connectivity index (χ1n) is 6.26. The van der Waals surface area contributed by atoms with E-state index in [0.29, 0.717) is 0 Å². The van der Waals surface area contributed by atoms with E-state index in [1.54, 1.807) is 26.0 Å². The Bertz CT molecular complexity index is 621. The Balaban J connectivity index is 2.37. The summed E-state index contributed by atoms with van der Waals surface area (Å²) in [4.78, 5) is 10.8. The van der Waals surface area contributed by atoms with Gasteiger partial charge in [0.2, 0.25) is 0 Å². The lowest BCUT2D eigenvalue weighted by Crippen LogP contribution is -2.40. The molecule has 0 bridgehead atoms. The summed E-state index contributed by atoms with van der Waals surface area (Å²) in [5.74, 6) is -0.280. The van der Waals surface area contributed by atoms with E-state index in [2.05, 4.69) is 5.32 Å². The largest absolute Gasteiger partial charge is 0.465 e. The molecule has 0 spiro atoms. The van der Waals surface area contributed by atoms with Gasteiger partial charge >= 0.3 is 6.09 Å². The summed E-state index contributed by atoms with van der Waals surface area (Å²) in [6, 6.07) is 13.8. The van der Waals surface area contributed by atoms with Crippen LogP contribution in [0.25, 0.3) is 11.1 Å². The zero-order valence-electron chi connectivity index (χ0n) is 11.4. The first-order valence-corrected chi connectivity index (χ1v) is 6.26. The number of rotatable bonds is 3. The average molecular weight is 273 g/mol. The third-order valence-electron chi connectivity index (χ3n) is 3.18. The van der Waals surface area contributed by atoms with Gasteiger partial charge in [0, 0.05) is 0 Å². The molecular weight excluding hydrogens is 257 g/mol. The molecule has 0 atom stereocenters. The molecular formula is C16H16FNO2. The van der Waals surface area contributed by atoms with Crippen LogP contribution in [0.3, 0.4) is 0 Å². The van der Waals surface area contributed by atoms with Gasteiger partial charge in [0.25, 0.3) is 0 Å². The van der Waals surface area contributed by atoms with E-state index in [9.17, 15) is 9.18 Å². The lowest BCUT2D eigenvalue weighted by molar-refractivity contribution is 0.182. The van der Waals surface area contributed by atoms with Crippen LogP contribution < -0.4 is 5.32 Å². The average Bonchev–Trinajstić information content (AvgIpc) is 2.38. The van der Waals surface area contributed by atoms with Crippen LogP contribution in [0.4, 0.5) is 9.18 Å². The lowest BCUT2D eigenvalue weighted by Gasteiger charge is -2.25. The van der Waals surface area contributed by atoms with Crippen molar-refractivity contribution in [2.75, 3.05) is 0 Å². The van der Waals surface area contributed by atoms with E-state index in [1.165, 1.54) is 12.1 Å². The molecule has 2 N–H and O–H groups in total. The molecule has 2 aromatic rings. The van der Waals surface area contributed by atoms with Crippen molar-refractivity contribution >= 4 is 6.09 Å². The van der Waals surface area contributed by atoms with E-state index in [1.807, 2.05) is 24.3 Å². The molecule has 104 valence electrons. The SMILES string of the molecule is CC(C)(NC(=O)O)c1cccc(-c2ccc(F)cc2)c1. The van der Waals surface area contributed by atoms with Crippen LogP contribution >= 0.6 is 0 Å². The van der Waals surface area contributed by atoms with Crippen LogP contribution in [-0.4, -0.2) is 11.2 Å². The number of carbonyl (C=O) groups is 1. The van der Waals surface area contributed by atoms with Crippen molar-refractivity contribution < 1.29 is 14.3 Å². The molecule has 2 aromatic carbocycles. The van der Waals surface area contributed by atoms with Gasteiger partial charge in [-0.3, -0.25) is 0 Å². The maximum Gasteiger partial charge on any atom is 0.405 e. The molecule has 0 aromatic heterocycles. The summed E-state index contributed by atoms with van der Waals surface area (Å²) in [6.45, 7) is 3.59. The number of halogens is 1. The number of hydrogen-bond donors (Lipinski definition) is 2. The Kier molecular flexibility index (Phi) is 3.74. The van der Waals surface area contributed by atoms with Crippen molar-refractivity contribution in [3.05, 3.63) is 59.9 Å². The van der Waals surface area contributed by atoms with Gasteiger partial charge in [-0.25, -0.2) is 9.18 Å². The highest BCUT2D eigenvalue weighted by Crippen LogP contribution is 2.26. The Labute approximate surface area is 117 Å². The number of benzene rings is 2. The summed E-state index contributed by atoms with van der Waals surface area (Å²) in [7, 11) is 0. The van der Waals surface area contributed by atoms with Crippen molar-refractivity contribution in [2.24, 2.45) is 0 Å². The Morgan fingerprint density at radius 1 is 1.10 bits per heavy atom. The second-order valence-electron chi connectivity index (χ2n) is 5.14. The fourth-order valence-electron chi connectivity index (χ4n) is 2.07. The van der Waals surface area contributed by atoms with E-state index < -0.39 is 11.6 Å². The second kappa shape index (κ2) is 5.33. The smallest absolute Gasteiger partial charge is 0.405 e. The first-order chi connectivity index (χ1) is 9.38. The maximum atomic E-state index is 12.9. The van der Waals surface area contributed by atoms with Crippen molar-refractivity contribution in [3.8, 4) is 11.1 Å². The second-order valence-corrected chi connectivity index (χ2v) is 5.14. The fourth-order valence-corrected chi connectivity index (χ4v) is 2.07. The number of hydrogen-bond acceptors (Lipinski definition) is 1. The maximum absolute atomic E-state index is 12.9. The van der Waals surface area contributed by atoms with Gasteiger partial charge in [0.05, 0.1) is 5.54 Å². The minimum absolute atomic E-state index is 0.280. The predicted molar refractivity (Wildman–Crippen MR) is 76.0 cm³/mol. The fraction of sp³-hybridized carbons (Fsp3) is 0.188. The summed E-state index contributed by atoms with van der Waals surface area (Å²) in [5, 5.41) is 11.4. The van der Waals surface area contributed by atoms with Crippen LogP contribution in [0.15, 0.2) is 48.5 Å². The molecule has 0 aliphatic rings.